The van der Waals surface area contributed by atoms with Gasteiger partial charge in [-0.15, -0.1) is 0 Å². The van der Waals surface area contributed by atoms with Crippen molar-refractivity contribution >= 4 is 23.1 Å². The van der Waals surface area contributed by atoms with Crippen LogP contribution >= 0.6 is 0 Å². The molecular weight excluding hydrogens is 382 g/mol. The first kappa shape index (κ1) is 21.7. The van der Waals surface area contributed by atoms with Crippen molar-refractivity contribution in [2.45, 2.75) is 52.5 Å². The Morgan fingerprint density at radius 3 is 2.70 bits per heavy atom. The van der Waals surface area contributed by atoms with Gasteiger partial charge in [0.2, 0.25) is 5.91 Å². The molecule has 0 fully saturated rings. The second-order valence-electron chi connectivity index (χ2n) is 7.70. The van der Waals surface area contributed by atoms with Gasteiger partial charge in [0.05, 0.1) is 6.54 Å². The fraction of sp³-hybridized carbons (Fsp3) is 0.500. The molecule has 8 nitrogen and oxygen atoms in total. The highest BCUT2D eigenvalue weighted by Gasteiger charge is 2.26. The van der Waals surface area contributed by atoms with Gasteiger partial charge < -0.3 is 15.5 Å². The number of aromatic amines is 1. The van der Waals surface area contributed by atoms with E-state index in [1.807, 2.05) is 32.0 Å². The molecule has 2 aromatic rings. The normalized spacial score (nSPS) is 13.2. The highest BCUT2D eigenvalue weighted by molar-refractivity contribution is 5.98. The number of unbranched alkanes of at least 4 members (excludes halogenated alkanes) is 1. The summed E-state index contributed by atoms with van der Waals surface area (Å²) >= 11 is 0. The van der Waals surface area contributed by atoms with Crippen molar-refractivity contribution in [1.82, 2.24) is 9.55 Å². The summed E-state index contributed by atoms with van der Waals surface area (Å²) in [5.41, 5.74) is 7.43. The predicted octanol–water partition coefficient (Wildman–Crippen LogP) is 2.11. The Hall–Kier alpha value is -3.03. The molecule has 162 valence electrons. The van der Waals surface area contributed by atoms with E-state index in [1.165, 1.54) is 15.0 Å². The zero-order chi connectivity index (χ0) is 21.7. The van der Waals surface area contributed by atoms with E-state index in [9.17, 15) is 14.4 Å². The van der Waals surface area contributed by atoms with Crippen molar-refractivity contribution in [1.29, 1.82) is 0 Å². The first-order valence-corrected chi connectivity index (χ1v) is 10.7. The second kappa shape index (κ2) is 9.65. The molecule has 0 spiro atoms. The zero-order valence-corrected chi connectivity index (χ0v) is 17.8. The van der Waals surface area contributed by atoms with Gasteiger partial charge in [0.1, 0.15) is 5.82 Å². The van der Waals surface area contributed by atoms with E-state index < -0.39 is 11.2 Å². The molecule has 1 aliphatic rings. The lowest BCUT2D eigenvalue weighted by Gasteiger charge is -2.33. The van der Waals surface area contributed by atoms with Crippen LogP contribution in [0.5, 0.6) is 0 Å². The van der Waals surface area contributed by atoms with Crippen molar-refractivity contribution in [3.63, 3.8) is 0 Å². The number of aromatic nitrogens is 2. The number of amides is 1. The number of nitrogens with two attached hydrogens (primary N) is 1. The first-order valence-electron chi connectivity index (χ1n) is 10.7. The Kier molecular flexibility index (Phi) is 6.97. The number of rotatable bonds is 8. The van der Waals surface area contributed by atoms with Crippen molar-refractivity contribution in [3.8, 4) is 0 Å². The van der Waals surface area contributed by atoms with Crippen molar-refractivity contribution < 1.29 is 4.79 Å². The van der Waals surface area contributed by atoms with E-state index in [-0.39, 0.29) is 24.0 Å². The van der Waals surface area contributed by atoms with Gasteiger partial charge in [-0.25, -0.2) is 4.79 Å². The van der Waals surface area contributed by atoms with Crippen LogP contribution in [-0.4, -0.2) is 35.1 Å². The summed E-state index contributed by atoms with van der Waals surface area (Å²) in [6.07, 6.45) is 4.25. The number of para-hydroxylation sites is 1. The van der Waals surface area contributed by atoms with E-state index in [0.29, 0.717) is 19.5 Å². The summed E-state index contributed by atoms with van der Waals surface area (Å²) in [5, 5.41) is 0. The third-order valence-electron chi connectivity index (χ3n) is 5.50. The Morgan fingerprint density at radius 2 is 1.97 bits per heavy atom. The molecule has 3 rings (SSSR count). The summed E-state index contributed by atoms with van der Waals surface area (Å²) in [6.45, 7) is 5.64. The van der Waals surface area contributed by atoms with E-state index in [1.54, 1.807) is 0 Å². The van der Waals surface area contributed by atoms with Crippen LogP contribution in [0.3, 0.4) is 0 Å². The molecule has 1 aromatic heterocycles. The molecule has 8 heteroatoms. The minimum absolute atomic E-state index is 0.0501. The number of H-pyrrole nitrogens is 1. The molecule has 0 radical (unpaired) electrons. The van der Waals surface area contributed by atoms with E-state index in [0.717, 1.165) is 37.9 Å². The van der Waals surface area contributed by atoms with Gasteiger partial charge in [-0.3, -0.25) is 19.1 Å². The van der Waals surface area contributed by atoms with E-state index in [4.69, 9.17) is 5.73 Å². The number of carbonyl (C=O) groups is 1. The molecule has 0 unspecified atom stereocenters. The van der Waals surface area contributed by atoms with Gasteiger partial charge in [0, 0.05) is 25.3 Å². The number of hydrogen-bond acceptors (Lipinski definition) is 5. The van der Waals surface area contributed by atoms with Gasteiger partial charge in [0.25, 0.3) is 5.56 Å². The van der Waals surface area contributed by atoms with Crippen molar-refractivity contribution in [3.05, 3.63) is 50.7 Å². The van der Waals surface area contributed by atoms with Crippen LogP contribution in [0.2, 0.25) is 0 Å². The van der Waals surface area contributed by atoms with Gasteiger partial charge in [-0.05, 0) is 37.3 Å². The average molecular weight is 414 g/mol. The largest absolute Gasteiger partial charge is 0.383 e. The molecule has 0 aliphatic carbocycles. The minimum atomic E-state index is -0.617. The summed E-state index contributed by atoms with van der Waals surface area (Å²) < 4.78 is 1.33. The maximum atomic E-state index is 13.4. The van der Waals surface area contributed by atoms with Gasteiger partial charge >= 0.3 is 5.69 Å². The molecule has 1 amide bonds. The molecule has 3 N–H and O–H groups in total. The van der Waals surface area contributed by atoms with E-state index in [2.05, 4.69) is 16.0 Å². The number of nitrogens with zero attached hydrogens (tertiary/aromatic N) is 3. The minimum Gasteiger partial charge on any atom is -0.383 e. The number of anilines is 3. The Labute approximate surface area is 176 Å². The molecule has 0 atom stereocenters. The van der Waals surface area contributed by atoms with Gasteiger partial charge in [0.15, 0.2) is 5.69 Å². The third-order valence-corrected chi connectivity index (χ3v) is 5.50. The number of carbonyl (C=O) groups excluding carboxylic acids is 1. The van der Waals surface area contributed by atoms with E-state index >= 15 is 0 Å². The maximum absolute atomic E-state index is 13.4. The van der Waals surface area contributed by atoms with Gasteiger partial charge in [-0.2, -0.15) is 0 Å². The van der Waals surface area contributed by atoms with Crippen LogP contribution in [0.4, 0.5) is 17.2 Å². The lowest BCUT2D eigenvalue weighted by atomic mass is 10.0. The molecule has 0 bridgehead atoms. The molecule has 30 heavy (non-hydrogen) atoms. The smallest absolute Gasteiger partial charge is 0.330 e. The monoisotopic (exact) mass is 413 g/mol. The fourth-order valence-corrected chi connectivity index (χ4v) is 3.99. The molecule has 1 aliphatic heterocycles. The first-order chi connectivity index (χ1) is 14.5. The fourth-order valence-electron chi connectivity index (χ4n) is 3.99. The number of fused-ring (bicyclic) bond motifs is 1. The molecular formula is C22H31N5O3. The summed E-state index contributed by atoms with van der Waals surface area (Å²) in [7, 11) is 0. The van der Waals surface area contributed by atoms with Crippen LogP contribution in [0.15, 0.2) is 33.9 Å². The topological polar surface area (TPSA) is 104 Å². The molecule has 1 aromatic carbocycles. The van der Waals surface area contributed by atoms with Crippen LogP contribution < -0.4 is 26.8 Å². The number of hydrogen-bond donors (Lipinski definition) is 2. The Morgan fingerprint density at radius 1 is 1.20 bits per heavy atom. The standard InChI is InChI=1S/C22H31N5O3/c1-3-5-14-26(19-20(23)27(12-4-2)22(30)24-21(19)29)18(28)15-25-13-8-10-16-9-6-7-11-17(16)25/h6-7,9,11H,3-5,8,10,12-15,23H2,1-2H3,(H,24,29,30). The van der Waals surface area contributed by atoms with Gasteiger partial charge in [-0.1, -0.05) is 38.5 Å². The molecule has 0 saturated heterocycles. The number of benzene rings is 1. The highest BCUT2D eigenvalue weighted by Crippen LogP contribution is 2.27. The van der Waals surface area contributed by atoms with Crippen LogP contribution in [-0.2, 0) is 17.8 Å². The molecule has 0 saturated carbocycles. The molecule has 2 heterocycles. The average Bonchev–Trinajstić information content (AvgIpc) is 2.73. The SMILES string of the molecule is CCCCN(C(=O)CN1CCCc2ccccc21)c1c(N)n(CCC)c(=O)[nH]c1=O. The van der Waals surface area contributed by atoms with Crippen molar-refractivity contribution in [2.24, 2.45) is 0 Å². The quantitative estimate of drug-likeness (QED) is 0.690. The predicted molar refractivity (Wildman–Crippen MR) is 120 cm³/mol. The Bertz CT molecular complexity index is 1010. The summed E-state index contributed by atoms with van der Waals surface area (Å²) in [6, 6.07) is 8.10. The van der Waals surface area contributed by atoms with Crippen LogP contribution in [0.25, 0.3) is 0 Å². The number of nitrogen functional groups attached to an aromatic ring is 1. The number of nitrogens with one attached hydrogen (secondary N) is 1. The van der Waals surface area contributed by atoms with Crippen LogP contribution in [0.1, 0.15) is 45.1 Å². The second-order valence-corrected chi connectivity index (χ2v) is 7.70. The number of aryl methyl sites for hydroxylation is 1. The third kappa shape index (κ3) is 4.42. The summed E-state index contributed by atoms with van der Waals surface area (Å²) in [5.74, 6) is -0.145. The maximum Gasteiger partial charge on any atom is 0.330 e. The summed E-state index contributed by atoms with van der Waals surface area (Å²) in [4.78, 5) is 44.1. The Balaban J connectivity index is 1.96. The van der Waals surface area contributed by atoms with Crippen molar-refractivity contribution in [2.75, 3.05) is 35.2 Å². The van der Waals surface area contributed by atoms with Crippen LogP contribution in [0, 0.1) is 0 Å². The lowest BCUT2D eigenvalue weighted by Crippen LogP contribution is -2.46. The highest BCUT2D eigenvalue weighted by atomic mass is 16.2. The zero-order valence-electron chi connectivity index (χ0n) is 17.8. The lowest BCUT2D eigenvalue weighted by molar-refractivity contribution is -0.117.